The number of carbonyl (C=O) groups is 10. The lowest BCUT2D eigenvalue weighted by molar-refractivity contribution is -0.137. The predicted molar refractivity (Wildman–Crippen MR) is 388 cm³/mol. The topological polar surface area (TPSA) is 332 Å². The van der Waals surface area contributed by atoms with Crippen LogP contribution < -0.4 is 46.7 Å². The molecule has 1 fully saturated rings. The van der Waals surface area contributed by atoms with Crippen LogP contribution in [0, 0.1) is 18.3 Å². The highest BCUT2D eigenvalue weighted by Gasteiger charge is 2.38. The van der Waals surface area contributed by atoms with Gasteiger partial charge in [-0.15, -0.1) is 22.9 Å². The van der Waals surface area contributed by atoms with Crippen LogP contribution in [0.3, 0.4) is 0 Å². The van der Waals surface area contributed by atoms with Gasteiger partial charge in [-0.2, -0.15) is 0 Å². The van der Waals surface area contributed by atoms with E-state index < -0.39 is 47.5 Å². The molecule has 0 saturated carbocycles. The molecule has 4 aromatic carbocycles. The van der Waals surface area contributed by atoms with Crippen molar-refractivity contribution in [3.05, 3.63) is 124 Å². The number of aryl methyl sites for hydroxylation is 1. The maximum absolute atomic E-state index is 14.7. The highest BCUT2D eigenvalue weighted by atomic mass is 35.5. The van der Waals surface area contributed by atoms with E-state index in [9.17, 15) is 47.9 Å². The van der Waals surface area contributed by atoms with E-state index in [1.165, 1.54) is 46.1 Å². The quantitative estimate of drug-likeness (QED) is 0.0114. The van der Waals surface area contributed by atoms with Crippen LogP contribution in [0.5, 0.6) is 11.5 Å². The lowest BCUT2D eigenvalue weighted by atomic mass is 9.92. The summed E-state index contributed by atoms with van der Waals surface area (Å²) >= 11 is 8.11. The maximum atomic E-state index is 14.7. The number of hydrogen-bond donors (Lipinski definition) is 8. The SMILES string of the molecule is Cc1csc2c(OC(=O)N(C)CC(C)(C)CN(C)C(=O)OCc3ccc(NC(=O)[C@H](CCCNC(N)=O)NC(=O)[C@@H](NC(=O)CCCCCN4C(=O)C=CC4=O)C(C)C)cc3)cc3c(c12)[C@H](CCl)CN3C(=O)c1cc2cc(NC(=O)c3cc4cc(OCCN5CCCC5)ccc4[nH]3)ccc2[nH]1. The van der Waals surface area contributed by atoms with E-state index in [-0.39, 0.29) is 112 Å². The fourth-order valence-corrected chi connectivity index (χ4v) is 14.4. The summed E-state index contributed by atoms with van der Waals surface area (Å²) in [5, 5.41) is 18.2. The molecule has 0 spiro atoms. The molecule has 3 atom stereocenters. The maximum Gasteiger partial charge on any atom is 0.415 e. The fraction of sp³-hybridized carbons (Fsp3) is 0.425. The van der Waals surface area contributed by atoms with Crippen LogP contribution in [-0.2, 0) is 35.3 Å². The third kappa shape index (κ3) is 18.7. The van der Waals surface area contributed by atoms with E-state index in [0.29, 0.717) is 70.8 Å². The first-order valence-corrected chi connectivity index (χ1v) is 35.4. The van der Waals surface area contributed by atoms with E-state index in [0.717, 1.165) is 62.4 Å². The number of alkyl halides is 1. The van der Waals surface area contributed by atoms with Gasteiger partial charge < -0.3 is 71.2 Å². The number of carbonyl (C=O) groups excluding carboxylic acids is 10. The Labute approximate surface area is 594 Å². The number of thiophene rings is 1. The summed E-state index contributed by atoms with van der Waals surface area (Å²) in [5.74, 6) is -2.24. The molecule has 10 rings (SSSR count). The van der Waals surface area contributed by atoms with Gasteiger partial charge in [0.05, 0.1) is 10.4 Å². The highest BCUT2D eigenvalue weighted by Crippen LogP contribution is 2.49. The number of unbranched alkanes of at least 4 members (excludes halogenated alkanes) is 2. The first-order valence-electron chi connectivity index (χ1n) is 34.0. The van der Waals surface area contributed by atoms with Crippen molar-refractivity contribution in [3.63, 3.8) is 0 Å². The van der Waals surface area contributed by atoms with Crippen LogP contribution in [0.15, 0.2) is 96.4 Å². The summed E-state index contributed by atoms with van der Waals surface area (Å²) in [4.78, 5) is 146. The van der Waals surface area contributed by atoms with Gasteiger partial charge in [0.15, 0.2) is 5.75 Å². The Kier molecular flexibility index (Phi) is 24.1. The summed E-state index contributed by atoms with van der Waals surface area (Å²) in [6, 6.07) is 20.2. The number of nitrogens with two attached hydrogens (primary N) is 1. The number of halogens is 1. The number of aromatic amines is 2. The summed E-state index contributed by atoms with van der Waals surface area (Å²) in [6.45, 7) is 13.9. The Morgan fingerprint density at radius 1 is 0.772 bits per heavy atom. The van der Waals surface area contributed by atoms with Crippen LogP contribution in [0.4, 0.5) is 31.4 Å². The van der Waals surface area contributed by atoms with Crippen molar-refractivity contribution in [1.82, 2.24) is 45.5 Å². The number of fused-ring (bicyclic) bond motifs is 5. The molecule has 0 radical (unpaired) electrons. The molecule has 28 heteroatoms. The molecule has 0 aliphatic carbocycles. The Bertz CT molecular complexity index is 4270. The molecule has 11 amide bonds. The molecule has 1 saturated heterocycles. The molecule has 6 heterocycles. The first-order chi connectivity index (χ1) is 48.3. The normalized spacial score (nSPS) is 15.1. The predicted octanol–water partition coefficient (Wildman–Crippen LogP) is 10.1. The molecule has 536 valence electrons. The van der Waals surface area contributed by atoms with E-state index in [1.54, 1.807) is 87.4 Å². The second kappa shape index (κ2) is 33.0. The van der Waals surface area contributed by atoms with Crippen LogP contribution in [0.1, 0.15) is 123 Å². The van der Waals surface area contributed by atoms with Gasteiger partial charge in [0, 0.05) is 134 Å². The average molecular weight is 1420 g/mol. The number of hydrogen-bond acceptors (Lipinski definition) is 15. The number of likely N-dealkylation sites (tertiary alicyclic amines) is 1. The van der Waals surface area contributed by atoms with Crippen LogP contribution in [0.2, 0.25) is 0 Å². The summed E-state index contributed by atoms with van der Waals surface area (Å²) in [6.07, 6.45) is 5.62. The van der Waals surface area contributed by atoms with E-state index in [4.69, 9.17) is 31.5 Å². The zero-order valence-corrected chi connectivity index (χ0v) is 59.5. The van der Waals surface area contributed by atoms with Crippen molar-refractivity contribution >= 4 is 131 Å². The fourth-order valence-electron chi connectivity index (χ4n) is 13.1. The number of urea groups is 1. The Hall–Kier alpha value is -9.99. The summed E-state index contributed by atoms with van der Waals surface area (Å²) in [7, 11) is 3.20. The van der Waals surface area contributed by atoms with Gasteiger partial charge >= 0.3 is 18.2 Å². The number of primary amides is 1. The zero-order chi connectivity index (χ0) is 72.2. The standard InChI is InChI=1S/C73H88ClN13O13S/c1-43(2)64(82-59(88)15-9-8-10-29-86-60(89)24-25-61(86)90)68(93)81-54(14-13-26-76-70(75)95)66(91)77-49-18-16-45(17-19-49)39-99-71(96)83(6)41-73(4,5)42-84(7)72(97)100-58-36-57-63(62-44(3)40-101-65(58)62)48(37-74)38-87(57)69(94)56-35-46-32-50(20-22-52(46)80-56)78-67(92)55-34-47-33-51(21-23-53(47)79-55)98-31-30-85-27-11-12-28-85/h16-25,32-36,40,43,48,54,64,79-80H,8-15,26-31,37-39,41-42H2,1-7H3,(H,77,91)(H,78,92)(H,81,93)(H,82,88)(H3,75,76,95)/t48-,54+,64+/m1/s1. The lowest BCUT2D eigenvalue weighted by Gasteiger charge is -2.33. The minimum atomic E-state index is -1.09. The highest BCUT2D eigenvalue weighted by molar-refractivity contribution is 7.17. The number of H-pyrrole nitrogens is 2. The van der Waals surface area contributed by atoms with Crippen molar-refractivity contribution in [2.24, 2.45) is 17.1 Å². The van der Waals surface area contributed by atoms with E-state index in [2.05, 4.69) is 41.5 Å². The monoisotopic (exact) mass is 1420 g/mol. The molecule has 9 N–H and O–H groups in total. The second-order valence-corrected chi connectivity index (χ2v) is 28.4. The first kappa shape index (κ1) is 73.7. The molecule has 7 aromatic rings. The summed E-state index contributed by atoms with van der Waals surface area (Å²) < 4.78 is 18.7. The van der Waals surface area contributed by atoms with Crippen LogP contribution >= 0.6 is 22.9 Å². The Morgan fingerprint density at radius 2 is 1.45 bits per heavy atom. The number of rotatable bonds is 31. The second-order valence-electron chi connectivity index (χ2n) is 27.2. The molecule has 101 heavy (non-hydrogen) atoms. The third-order valence-electron chi connectivity index (χ3n) is 18.2. The van der Waals surface area contributed by atoms with Crippen LogP contribution in [-0.4, -0.2) is 180 Å². The zero-order valence-electron chi connectivity index (χ0n) is 57.9. The van der Waals surface area contributed by atoms with Gasteiger partial charge in [-0.05, 0) is 147 Å². The van der Waals surface area contributed by atoms with Crippen molar-refractivity contribution in [2.45, 2.75) is 111 Å². The number of benzene rings is 4. The molecule has 0 unspecified atom stereocenters. The van der Waals surface area contributed by atoms with Gasteiger partial charge in [0.2, 0.25) is 17.7 Å². The van der Waals surface area contributed by atoms with E-state index in [1.807, 2.05) is 50.4 Å². The molecular weight excluding hydrogens is 1330 g/mol. The number of imide groups is 1. The number of amides is 11. The number of aromatic nitrogens is 2. The minimum Gasteiger partial charge on any atom is -0.492 e. The third-order valence-corrected chi connectivity index (χ3v) is 19.6. The van der Waals surface area contributed by atoms with Gasteiger partial charge in [0.1, 0.15) is 42.4 Å². The number of anilines is 3. The van der Waals surface area contributed by atoms with Crippen molar-refractivity contribution in [1.29, 1.82) is 0 Å². The molecule has 3 aliphatic rings. The van der Waals surface area contributed by atoms with Crippen LogP contribution in [0.25, 0.3) is 31.9 Å². The van der Waals surface area contributed by atoms with Gasteiger partial charge in [-0.1, -0.05) is 46.2 Å². The Morgan fingerprint density at radius 3 is 2.15 bits per heavy atom. The van der Waals surface area contributed by atoms with Crippen molar-refractivity contribution in [3.8, 4) is 11.5 Å². The van der Waals surface area contributed by atoms with Gasteiger partial charge in [0.25, 0.3) is 23.6 Å². The average Bonchev–Trinajstić information content (AvgIpc) is 1.58. The molecule has 26 nitrogen and oxygen atoms in total. The smallest absolute Gasteiger partial charge is 0.415 e. The molecule has 0 bridgehead atoms. The molecule has 3 aliphatic heterocycles. The molecular formula is C73H88ClN13O13S. The minimum absolute atomic E-state index is 0.0983. The lowest BCUT2D eigenvalue weighted by Crippen LogP contribution is -2.54. The largest absolute Gasteiger partial charge is 0.492 e. The number of nitrogens with one attached hydrogen (secondary N) is 7. The number of nitrogens with zero attached hydrogens (tertiary/aromatic N) is 5. The van der Waals surface area contributed by atoms with Crippen molar-refractivity contribution < 1.29 is 62.2 Å². The van der Waals surface area contributed by atoms with Crippen molar-refractivity contribution in [2.75, 3.05) is 94.5 Å². The Balaban J connectivity index is 0.705. The number of ether oxygens (including phenoxy) is 3. The van der Waals surface area contributed by atoms with Gasteiger partial charge in [-0.25, -0.2) is 14.4 Å². The molecule has 3 aromatic heterocycles. The van der Waals surface area contributed by atoms with Gasteiger partial charge in [-0.3, -0.25) is 43.4 Å². The van der Waals surface area contributed by atoms with E-state index >= 15 is 0 Å². The summed E-state index contributed by atoms with van der Waals surface area (Å²) in [5.41, 5.74) is 10.7.